The molecular formula is C12H16Br2N4. The minimum absolute atomic E-state index is 0.492. The van der Waals surface area contributed by atoms with E-state index in [2.05, 4.69) is 72.8 Å². The Morgan fingerprint density at radius 1 is 1.22 bits per heavy atom. The molecule has 0 aliphatic rings. The zero-order chi connectivity index (χ0) is 13.1. The van der Waals surface area contributed by atoms with Crippen LogP contribution in [-0.2, 0) is 6.54 Å². The van der Waals surface area contributed by atoms with Crippen molar-refractivity contribution >= 4 is 31.9 Å². The van der Waals surface area contributed by atoms with Gasteiger partial charge in [-0.2, -0.15) is 10.2 Å². The van der Waals surface area contributed by atoms with Gasteiger partial charge in [0.05, 0.1) is 18.3 Å². The summed E-state index contributed by atoms with van der Waals surface area (Å²) < 4.78 is 5.71. The fourth-order valence-corrected chi connectivity index (χ4v) is 3.09. The molecule has 0 aliphatic heterocycles. The summed E-state index contributed by atoms with van der Waals surface area (Å²) in [4.78, 5) is 0. The van der Waals surface area contributed by atoms with Gasteiger partial charge in [-0.05, 0) is 50.8 Å². The van der Waals surface area contributed by atoms with E-state index in [0.29, 0.717) is 12.6 Å². The van der Waals surface area contributed by atoms with Gasteiger partial charge in [0.25, 0.3) is 0 Å². The van der Waals surface area contributed by atoms with Gasteiger partial charge in [-0.25, -0.2) is 0 Å². The molecule has 0 saturated carbocycles. The molecule has 98 valence electrons. The van der Waals surface area contributed by atoms with Crippen molar-refractivity contribution in [1.82, 2.24) is 19.6 Å². The zero-order valence-electron chi connectivity index (χ0n) is 10.5. The van der Waals surface area contributed by atoms with Gasteiger partial charge >= 0.3 is 0 Å². The van der Waals surface area contributed by atoms with Crippen molar-refractivity contribution in [3.8, 4) is 0 Å². The van der Waals surface area contributed by atoms with E-state index in [-0.39, 0.29) is 0 Å². The van der Waals surface area contributed by atoms with Crippen LogP contribution in [0.5, 0.6) is 0 Å². The van der Waals surface area contributed by atoms with Crippen LogP contribution in [0.2, 0.25) is 0 Å². The second-order valence-corrected chi connectivity index (χ2v) is 5.83. The molecule has 0 unspecified atom stereocenters. The van der Waals surface area contributed by atoms with Gasteiger partial charge in [-0.15, -0.1) is 0 Å². The lowest BCUT2D eigenvalue weighted by molar-refractivity contribution is 0.423. The third-order valence-electron chi connectivity index (χ3n) is 2.99. The van der Waals surface area contributed by atoms with Crippen LogP contribution in [0.1, 0.15) is 38.4 Å². The monoisotopic (exact) mass is 374 g/mol. The van der Waals surface area contributed by atoms with Crippen LogP contribution in [0, 0.1) is 0 Å². The zero-order valence-corrected chi connectivity index (χ0v) is 13.6. The summed E-state index contributed by atoms with van der Waals surface area (Å²) in [5, 5.41) is 8.95. The highest BCUT2D eigenvalue weighted by Gasteiger charge is 2.10. The van der Waals surface area contributed by atoms with Crippen molar-refractivity contribution in [3.63, 3.8) is 0 Å². The minimum atomic E-state index is 0.492. The van der Waals surface area contributed by atoms with Gasteiger partial charge in [0.2, 0.25) is 0 Å². The van der Waals surface area contributed by atoms with E-state index in [4.69, 9.17) is 0 Å². The number of rotatable bonds is 5. The molecule has 0 atom stereocenters. The molecule has 0 fully saturated rings. The molecule has 6 heteroatoms. The summed E-state index contributed by atoms with van der Waals surface area (Å²) in [5.74, 6) is 0. The number of hydrogen-bond donors (Lipinski definition) is 0. The lowest BCUT2D eigenvalue weighted by Gasteiger charge is -2.12. The Morgan fingerprint density at radius 3 is 2.50 bits per heavy atom. The van der Waals surface area contributed by atoms with Crippen molar-refractivity contribution in [1.29, 1.82) is 0 Å². The van der Waals surface area contributed by atoms with E-state index in [1.807, 2.05) is 10.7 Å². The first-order chi connectivity index (χ1) is 8.63. The normalized spacial score (nSPS) is 11.4. The smallest absolute Gasteiger partial charge is 0.129 e. The topological polar surface area (TPSA) is 35.6 Å². The first kappa shape index (κ1) is 13.8. The molecule has 0 amide bonds. The summed E-state index contributed by atoms with van der Waals surface area (Å²) in [6.07, 6.45) is 4.27. The molecule has 0 aliphatic carbocycles. The van der Waals surface area contributed by atoms with E-state index in [1.165, 1.54) is 0 Å². The number of halogens is 2. The third kappa shape index (κ3) is 3.03. The van der Waals surface area contributed by atoms with E-state index in [1.54, 1.807) is 0 Å². The molecule has 0 radical (unpaired) electrons. The molecule has 0 N–H and O–H groups in total. The van der Waals surface area contributed by atoms with Crippen LogP contribution in [0.4, 0.5) is 0 Å². The molecule has 4 nitrogen and oxygen atoms in total. The third-order valence-corrected chi connectivity index (χ3v) is 4.02. The molecule has 2 rings (SSSR count). The first-order valence-electron chi connectivity index (χ1n) is 6.07. The fourth-order valence-electron chi connectivity index (χ4n) is 1.96. The van der Waals surface area contributed by atoms with Crippen LogP contribution >= 0.6 is 31.9 Å². The van der Waals surface area contributed by atoms with Gasteiger partial charge in [-0.3, -0.25) is 9.36 Å². The van der Waals surface area contributed by atoms with E-state index < -0.39 is 0 Å². The average Bonchev–Trinajstić information content (AvgIpc) is 2.89. The summed E-state index contributed by atoms with van der Waals surface area (Å²) in [6.45, 7) is 5.06. The molecule has 2 heterocycles. The molecule has 0 spiro atoms. The van der Waals surface area contributed by atoms with Crippen LogP contribution in [-0.4, -0.2) is 19.6 Å². The highest BCUT2D eigenvalue weighted by molar-refractivity contribution is 9.11. The number of aromatic nitrogens is 4. The van der Waals surface area contributed by atoms with Gasteiger partial charge in [0, 0.05) is 12.3 Å². The largest absolute Gasteiger partial charge is 0.269 e. The Kier molecular flexibility index (Phi) is 4.61. The van der Waals surface area contributed by atoms with Gasteiger partial charge in [0.1, 0.15) is 9.21 Å². The molecule has 2 aromatic rings. The maximum atomic E-state index is 4.62. The lowest BCUT2D eigenvalue weighted by atomic mass is 10.2. The highest BCUT2D eigenvalue weighted by atomic mass is 79.9. The van der Waals surface area contributed by atoms with Gasteiger partial charge in [-0.1, -0.05) is 13.8 Å². The Hall–Kier alpha value is -0.620. The second-order valence-electron chi connectivity index (χ2n) is 4.20. The predicted octanol–water partition coefficient (Wildman–Crippen LogP) is 4.01. The van der Waals surface area contributed by atoms with Crippen LogP contribution in [0.25, 0.3) is 0 Å². The summed E-state index contributed by atoms with van der Waals surface area (Å²) in [5.41, 5.74) is 1.03. The highest BCUT2D eigenvalue weighted by Crippen LogP contribution is 2.18. The Balaban J connectivity index is 2.13. The van der Waals surface area contributed by atoms with E-state index >= 15 is 0 Å². The van der Waals surface area contributed by atoms with Crippen LogP contribution in [0.3, 0.4) is 0 Å². The first-order valence-corrected chi connectivity index (χ1v) is 7.65. The average molecular weight is 376 g/mol. The van der Waals surface area contributed by atoms with Crippen molar-refractivity contribution in [2.45, 2.75) is 39.3 Å². The van der Waals surface area contributed by atoms with Crippen LogP contribution in [0.15, 0.2) is 27.5 Å². The molecule has 0 bridgehead atoms. The lowest BCUT2D eigenvalue weighted by Crippen LogP contribution is -2.09. The fraction of sp³-hybridized carbons (Fsp3) is 0.500. The van der Waals surface area contributed by atoms with Crippen molar-refractivity contribution in [2.24, 2.45) is 0 Å². The van der Waals surface area contributed by atoms with Gasteiger partial charge < -0.3 is 0 Å². The molecular weight excluding hydrogens is 360 g/mol. The van der Waals surface area contributed by atoms with E-state index in [0.717, 1.165) is 27.7 Å². The van der Waals surface area contributed by atoms with Crippen molar-refractivity contribution in [3.05, 3.63) is 33.2 Å². The summed E-state index contributed by atoms with van der Waals surface area (Å²) >= 11 is 6.83. The van der Waals surface area contributed by atoms with Crippen LogP contribution < -0.4 is 0 Å². The summed E-state index contributed by atoms with van der Waals surface area (Å²) in [6, 6.07) is 4.48. The maximum Gasteiger partial charge on any atom is 0.129 e. The molecule has 0 aromatic carbocycles. The van der Waals surface area contributed by atoms with Crippen molar-refractivity contribution in [2.75, 3.05) is 0 Å². The minimum Gasteiger partial charge on any atom is -0.269 e. The summed E-state index contributed by atoms with van der Waals surface area (Å²) in [7, 11) is 0. The van der Waals surface area contributed by atoms with Crippen molar-refractivity contribution < 1.29 is 0 Å². The standard InChI is InChI=1S/C12H16Br2N4/c1-3-10(4-2)17-6-5-9(15-17)8-18-12(14)7-11(13)16-18/h5-7,10H,3-4,8H2,1-2H3. The Labute approximate surface area is 124 Å². The Bertz CT molecular complexity index is 514. The number of hydrogen-bond acceptors (Lipinski definition) is 2. The quantitative estimate of drug-likeness (QED) is 0.791. The maximum absolute atomic E-state index is 4.62. The van der Waals surface area contributed by atoms with Gasteiger partial charge in [0.15, 0.2) is 0 Å². The predicted molar refractivity (Wildman–Crippen MR) is 78.6 cm³/mol. The second kappa shape index (κ2) is 6.02. The Morgan fingerprint density at radius 2 is 1.94 bits per heavy atom. The molecule has 2 aromatic heterocycles. The molecule has 18 heavy (non-hydrogen) atoms. The number of nitrogens with zero attached hydrogens (tertiary/aromatic N) is 4. The SMILES string of the molecule is CCC(CC)n1ccc(Cn2nc(Br)cc2Br)n1. The van der Waals surface area contributed by atoms with E-state index in [9.17, 15) is 0 Å². The molecule has 0 saturated heterocycles.